The number of phenols is 1. The quantitative estimate of drug-likeness (QED) is 0.0629. The van der Waals surface area contributed by atoms with E-state index in [-0.39, 0.29) is 34.4 Å². The fourth-order valence-corrected chi connectivity index (χ4v) is 9.34. The summed E-state index contributed by atoms with van der Waals surface area (Å²) in [5.41, 5.74) is 2.73. The van der Waals surface area contributed by atoms with Crippen molar-refractivity contribution in [3.8, 4) is 51.7 Å². The summed E-state index contributed by atoms with van der Waals surface area (Å²) in [5.74, 6) is 4.42. The first-order valence-electron chi connectivity index (χ1n) is 28.0. The van der Waals surface area contributed by atoms with E-state index in [1.54, 1.807) is 43.8 Å². The number of amides is 2. The van der Waals surface area contributed by atoms with Crippen LogP contribution in [0, 0.1) is 0 Å². The minimum atomic E-state index is -0.483. The Hall–Kier alpha value is -10.6. The van der Waals surface area contributed by atoms with Gasteiger partial charge < -0.3 is 77.9 Å². The lowest BCUT2D eigenvalue weighted by atomic mass is 10.2. The maximum Gasteiger partial charge on any atom is 0.321 e. The molecule has 0 aliphatic carbocycles. The number of benzene rings is 5. The van der Waals surface area contributed by atoms with Crippen molar-refractivity contribution in [2.75, 3.05) is 116 Å². The second-order valence-corrected chi connectivity index (χ2v) is 19.6. The third-order valence-electron chi connectivity index (χ3n) is 13.7. The summed E-state index contributed by atoms with van der Waals surface area (Å²) >= 11 is 0. The molecule has 9 aromatic rings. The molecule has 88 heavy (non-hydrogen) atoms. The van der Waals surface area contributed by atoms with Crippen LogP contribution >= 0.6 is 0 Å². The lowest BCUT2D eigenvalue weighted by Crippen LogP contribution is -2.50. The Morgan fingerprint density at radius 2 is 0.977 bits per heavy atom. The number of phenolic OH excluding ortho intramolecular Hbond substituents is 1. The number of likely N-dealkylation sites (N-methyl/N-ethyl adjacent to an activating group) is 1. The number of aromatic nitrogens is 8. The predicted molar refractivity (Wildman–Crippen MR) is 330 cm³/mol. The number of ether oxygens (including phenoxy) is 8. The van der Waals surface area contributed by atoms with E-state index in [9.17, 15) is 29.1 Å². The van der Waals surface area contributed by atoms with E-state index in [4.69, 9.17) is 37.9 Å². The highest BCUT2D eigenvalue weighted by Crippen LogP contribution is 2.37. The van der Waals surface area contributed by atoms with Gasteiger partial charge in [-0.15, -0.1) is 0 Å². The molecule has 0 atom stereocenters. The minimum absolute atomic E-state index is 0.0899. The number of carbonyl (C=O) groups excluding carboxylic acids is 3. The number of methoxy groups -OCH3 is 4. The SMILES string of the molecule is CC(=O)Oc1cc2ncnc(N3CCN(C)CC3)c2cc1O.CCCOc1ccc(NC(=O)N2CCN(c3ncnc4cc(OC)c(OCC)cc34)CC2)cc1.COc1cc2nc[nH]c(=O)c2cc1OC.COc1cc2nc[nH]c(=O)c2cc1OC(C)=O. The number of urea groups is 1. The average molecular weight is 1210 g/mol. The zero-order valence-electron chi connectivity index (χ0n) is 50.2. The van der Waals surface area contributed by atoms with Crippen LogP contribution in [0.1, 0.15) is 34.1 Å². The van der Waals surface area contributed by atoms with E-state index >= 15 is 0 Å². The standard InChI is InChI=1S/C25H31N5O4.C15H18N4O3.C11H10N2O4.C10H10N2O3/c1-4-14-34-19-8-6-18(7-9-19)28-25(31)30-12-10-29(11-13-30)24-20-15-23(33-5-2)22(32-3)16-21(20)26-17-27-24;1-10(20)22-14-8-12-11(7-13(14)21)15(17-9-16-12)19-5-3-18(2)4-6-19;1-6(14)17-10-3-7-8(4-9(10)16-2)12-5-13-11(7)15;1-14-8-3-6-7(4-9(8)15-2)11-5-12-10(6)13/h6-9,15-17H,4-5,10-14H2,1-3H3,(H,28,31);7-9,21H,3-6H2,1-2H3;3-5H,1-2H3,(H,12,13,15);3-5H,1-2H3,(H,11,12,13). The van der Waals surface area contributed by atoms with Gasteiger partial charge in [0, 0.05) is 107 Å². The Bertz CT molecular complexity index is 4020. The van der Waals surface area contributed by atoms with Gasteiger partial charge in [-0.1, -0.05) is 6.92 Å². The van der Waals surface area contributed by atoms with Gasteiger partial charge in [0.25, 0.3) is 11.1 Å². The number of hydrogen-bond acceptors (Lipinski definition) is 23. The van der Waals surface area contributed by atoms with Crippen molar-refractivity contribution < 1.29 is 57.4 Å². The molecule has 2 saturated heterocycles. The molecular formula is C61H69N13O14. The number of hydrogen-bond donors (Lipinski definition) is 4. The lowest BCUT2D eigenvalue weighted by Gasteiger charge is -2.35. The summed E-state index contributed by atoms with van der Waals surface area (Å²) in [4.78, 5) is 96.7. The molecule has 27 nitrogen and oxygen atoms in total. The molecule has 27 heteroatoms. The third-order valence-corrected chi connectivity index (χ3v) is 13.7. The van der Waals surface area contributed by atoms with Crippen molar-refractivity contribution in [3.05, 3.63) is 119 Å². The van der Waals surface area contributed by atoms with Crippen LogP contribution < -0.4 is 64.1 Å². The minimum Gasteiger partial charge on any atom is -0.504 e. The smallest absolute Gasteiger partial charge is 0.321 e. The van der Waals surface area contributed by atoms with E-state index < -0.39 is 11.9 Å². The number of nitrogens with zero attached hydrogens (tertiary/aromatic N) is 10. The van der Waals surface area contributed by atoms with Crippen LogP contribution in [0.5, 0.6) is 51.7 Å². The summed E-state index contributed by atoms with van der Waals surface area (Å²) in [7, 11) is 8.21. The Kier molecular flexibility index (Phi) is 21.6. The van der Waals surface area contributed by atoms with Crippen LogP contribution in [-0.2, 0) is 9.59 Å². The molecule has 2 fully saturated rings. The number of nitrogens with one attached hydrogen (secondary N) is 3. The summed E-state index contributed by atoms with van der Waals surface area (Å²) in [6.45, 7) is 13.9. The van der Waals surface area contributed by atoms with Gasteiger partial charge in [0.15, 0.2) is 46.0 Å². The van der Waals surface area contributed by atoms with E-state index in [1.807, 2.05) is 48.2 Å². The van der Waals surface area contributed by atoms with Crippen molar-refractivity contribution in [2.24, 2.45) is 0 Å². The van der Waals surface area contributed by atoms with Crippen molar-refractivity contribution in [1.82, 2.24) is 49.7 Å². The van der Waals surface area contributed by atoms with E-state index in [2.05, 4.69) is 73.9 Å². The Morgan fingerprint density at radius 1 is 0.534 bits per heavy atom. The first-order valence-corrected chi connectivity index (χ1v) is 28.0. The van der Waals surface area contributed by atoms with Gasteiger partial charge in [-0.25, -0.2) is 34.7 Å². The number of aromatic amines is 2. The van der Waals surface area contributed by atoms with Gasteiger partial charge in [0.1, 0.15) is 30.0 Å². The molecule has 2 amide bonds. The topological polar surface area (TPSA) is 313 Å². The summed E-state index contributed by atoms with van der Waals surface area (Å²) < 4.78 is 42.0. The van der Waals surface area contributed by atoms with Gasteiger partial charge in [0.05, 0.1) is 87.1 Å². The van der Waals surface area contributed by atoms with Crippen molar-refractivity contribution in [2.45, 2.75) is 34.1 Å². The predicted octanol–water partition coefficient (Wildman–Crippen LogP) is 6.99. The molecule has 2 aliphatic rings. The molecular weight excluding hydrogens is 1140 g/mol. The fraction of sp³-hybridized carbons (Fsp3) is 0.328. The first-order chi connectivity index (χ1) is 42.5. The van der Waals surface area contributed by atoms with Crippen LogP contribution in [0.3, 0.4) is 0 Å². The molecule has 0 unspecified atom stereocenters. The van der Waals surface area contributed by atoms with E-state index in [1.165, 1.54) is 60.2 Å². The molecule has 0 spiro atoms. The van der Waals surface area contributed by atoms with Gasteiger partial charge in [-0.05, 0) is 68.9 Å². The molecule has 6 heterocycles. The number of esters is 2. The van der Waals surface area contributed by atoms with Gasteiger partial charge in [0.2, 0.25) is 0 Å². The number of fused-ring (bicyclic) bond motifs is 4. The second-order valence-electron chi connectivity index (χ2n) is 19.6. The van der Waals surface area contributed by atoms with Gasteiger partial charge >= 0.3 is 18.0 Å². The van der Waals surface area contributed by atoms with Crippen molar-refractivity contribution in [1.29, 1.82) is 0 Å². The van der Waals surface area contributed by atoms with Crippen molar-refractivity contribution >= 4 is 78.9 Å². The maximum absolute atomic E-state index is 12.8. The highest BCUT2D eigenvalue weighted by Gasteiger charge is 2.25. The Morgan fingerprint density at radius 3 is 1.49 bits per heavy atom. The van der Waals surface area contributed by atoms with Gasteiger partial charge in [-0.3, -0.25) is 19.2 Å². The van der Waals surface area contributed by atoms with Crippen LogP contribution in [0.4, 0.5) is 22.1 Å². The fourth-order valence-electron chi connectivity index (χ4n) is 9.34. The number of carbonyl (C=O) groups is 3. The molecule has 0 bridgehead atoms. The second kappa shape index (κ2) is 30.0. The monoisotopic (exact) mass is 1210 g/mol. The van der Waals surface area contributed by atoms with Crippen LogP contribution in [0.25, 0.3) is 43.6 Å². The largest absolute Gasteiger partial charge is 0.504 e. The molecule has 11 rings (SSSR count). The Labute approximate surface area is 505 Å². The Balaban J connectivity index is 0.000000161. The number of anilines is 3. The molecule has 2 aliphatic heterocycles. The lowest BCUT2D eigenvalue weighted by molar-refractivity contribution is -0.132. The van der Waals surface area contributed by atoms with Crippen molar-refractivity contribution in [3.63, 3.8) is 0 Å². The van der Waals surface area contributed by atoms with Crippen LogP contribution in [-0.4, -0.2) is 174 Å². The molecule has 5 aromatic carbocycles. The molecule has 4 N–H and O–H groups in total. The molecule has 462 valence electrons. The highest BCUT2D eigenvalue weighted by molar-refractivity contribution is 5.94. The number of rotatable bonds is 14. The average Bonchev–Trinajstić information content (AvgIpc) is 1.28. The van der Waals surface area contributed by atoms with Crippen LogP contribution in [0.15, 0.2) is 108 Å². The zero-order chi connectivity index (χ0) is 62.9. The summed E-state index contributed by atoms with van der Waals surface area (Å²) in [5, 5.41) is 15.5. The molecule has 4 aromatic heterocycles. The summed E-state index contributed by atoms with van der Waals surface area (Å²) in [6, 6.07) is 20.5. The number of piperazine rings is 2. The number of H-pyrrole nitrogens is 2. The first kappa shape index (κ1) is 63.5. The van der Waals surface area contributed by atoms with E-state index in [0.717, 1.165) is 72.0 Å². The molecule has 0 radical (unpaired) electrons. The van der Waals surface area contributed by atoms with Crippen LogP contribution in [0.2, 0.25) is 0 Å². The highest BCUT2D eigenvalue weighted by atomic mass is 16.6. The third kappa shape index (κ3) is 15.8. The molecule has 0 saturated carbocycles. The van der Waals surface area contributed by atoms with E-state index in [0.29, 0.717) is 95.5 Å². The van der Waals surface area contributed by atoms with Gasteiger partial charge in [-0.2, -0.15) is 0 Å². The summed E-state index contributed by atoms with van der Waals surface area (Å²) in [6.07, 6.45) is 6.67. The number of aromatic hydroxyl groups is 1. The normalized spacial score (nSPS) is 13.0. The zero-order valence-corrected chi connectivity index (χ0v) is 50.2. The maximum atomic E-state index is 12.8.